The van der Waals surface area contributed by atoms with Crippen molar-refractivity contribution in [3.05, 3.63) is 34.9 Å². The highest BCUT2D eigenvalue weighted by Gasteiger charge is 2.19. The second-order valence-electron chi connectivity index (χ2n) is 5.84. The Kier molecular flexibility index (Phi) is 5.23. The van der Waals surface area contributed by atoms with Gasteiger partial charge >= 0.3 is 0 Å². The van der Waals surface area contributed by atoms with Crippen LogP contribution in [0.3, 0.4) is 0 Å². The highest BCUT2D eigenvalue weighted by molar-refractivity contribution is 7.98. The van der Waals surface area contributed by atoms with Crippen LogP contribution in [0.4, 0.5) is 5.95 Å². The maximum Gasteiger partial charge on any atom is 0.228 e. The van der Waals surface area contributed by atoms with Crippen molar-refractivity contribution in [3.63, 3.8) is 0 Å². The fraction of sp³-hybridized carbons (Fsp3) is 0.529. The van der Waals surface area contributed by atoms with Crippen LogP contribution in [-0.2, 0) is 17.0 Å². The summed E-state index contributed by atoms with van der Waals surface area (Å²) in [5, 5.41) is 9.84. The molecule has 1 aromatic carbocycles. The van der Waals surface area contributed by atoms with Crippen molar-refractivity contribution in [2.45, 2.75) is 38.2 Å². The third-order valence-electron chi connectivity index (χ3n) is 4.17. The van der Waals surface area contributed by atoms with E-state index >= 15 is 0 Å². The number of benzene rings is 1. The first-order chi connectivity index (χ1) is 11.2. The fourth-order valence-electron chi connectivity index (χ4n) is 2.76. The summed E-state index contributed by atoms with van der Waals surface area (Å²) in [4.78, 5) is 2.27. The molecule has 1 aliphatic rings. The Morgan fingerprint density at radius 3 is 2.70 bits per heavy atom. The van der Waals surface area contributed by atoms with E-state index in [0.717, 1.165) is 49.7 Å². The van der Waals surface area contributed by atoms with Crippen LogP contribution in [0.5, 0.6) is 0 Å². The Bertz CT molecular complexity index is 665. The van der Waals surface area contributed by atoms with E-state index in [1.165, 1.54) is 16.7 Å². The molecule has 1 fully saturated rings. The van der Waals surface area contributed by atoms with Crippen LogP contribution in [0, 0.1) is 13.8 Å². The van der Waals surface area contributed by atoms with Gasteiger partial charge in [0.1, 0.15) is 0 Å². The van der Waals surface area contributed by atoms with Gasteiger partial charge in [0.25, 0.3) is 0 Å². The maximum atomic E-state index is 5.43. The van der Waals surface area contributed by atoms with E-state index in [4.69, 9.17) is 4.74 Å². The van der Waals surface area contributed by atoms with Crippen molar-refractivity contribution in [1.29, 1.82) is 0 Å². The summed E-state index contributed by atoms with van der Waals surface area (Å²) in [6, 6.07) is 6.61. The Balaban J connectivity index is 1.75. The van der Waals surface area contributed by atoms with Crippen LogP contribution in [0.1, 0.15) is 23.6 Å². The average Bonchev–Trinajstić information content (AvgIpc) is 2.99. The van der Waals surface area contributed by atoms with Crippen molar-refractivity contribution >= 4 is 17.7 Å². The summed E-state index contributed by atoms with van der Waals surface area (Å²) in [5.41, 5.74) is 4.00. The first kappa shape index (κ1) is 16.3. The van der Waals surface area contributed by atoms with E-state index in [-0.39, 0.29) is 0 Å². The lowest BCUT2D eigenvalue weighted by atomic mass is 10.1. The number of hydrogen-bond donors (Lipinski definition) is 0. The average molecular weight is 332 g/mol. The van der Waals surface area contributed by atoms with Gasteiger partial charge in [-0.3, -0.25) is 4.57 Å². The highest BCUT2D eigenvalue weighted by atomic mass is 32.2. The molecule has 0 aliphatic carbocycles. The number of thioether (sulfide) groups is 1. The summed E-state index contributed by atoms with van der Waals surface area (Å²) < 4.78 is 7.64. The second kappa shape index (κ2) is 7.36. The van der Waals surface area contributed by atoms with E-state index in [9.17, 15) is 0 Å². The second-order valence-corrected chi connectivity index (χ2v) is 6.79. The number of aryl methyl sites for hydroxylation is 2. The van der Waals surface area contributed by atoms with E-state index in [0.29, 0.717) is 0 Å². The van der Waals surface area contributed by atoms with Crippen LogP contribution >= 0.6 is 11.8 Å². The van der Waals surface area contributed by atoms with E-state index < -0.39 is 0 Å². The lowest BCUT2D eigenvalue weighted by Gasteiger charge is -2.27. The first-order valence-corrected chi connectivity index (χ1v) is 9.12. The molecule has 0 spiro atoms. The Morgan fingerprint density at radius 2 is 1.96 bits per heavy atom. The SMILES string of the molecule is CCn1c(SCc2cc(C)ccc2C)nnc1N1CCOCC1. The zero-order chi connectivity index (χ0) is 16.2. The lowest BCUT2D eigenvalue weighted by Crippen LogP contribution is -2.38. The molecule has 0 radical (unpaired) electrons. The van der Waals surface area contributed by atoms with Gasteiger partial charge in [-0.1, -0.05) is 35.5 Å². The molecule has 0 bridgehead atoms. The Morgan fingerprint density at radius 1 is 1.17 bits per heavy atom. The van der Waals surface area contributed by atoms with Crippen LogP contribution in [0.25, 0.3) is 0 Å². The molecule has 0 atom stereocenters. The van der Waals surface area contributed by atoms with Crippen LogP contribution in [-0.4, -0.2) is 41.1 Å². The van der Waals surface area contributed by atoms with Gasteiger partial charge < -0.3 is 9.64 Å². The van der Waals surface area contributed by atoms with E-state index in [2.05, 4.69) is 58.6 Å². The van der Waals surface area contributed by atoms with Crippen molar-refractivity contribution in [2.75, 3.05) is 31.2 Å². The molecule has 1 aromatic heterocycles. The predicted octanol–water partition coefficient (Wildman–Crippen LogP) is 3.04. The van der Waals surface area contributed by atoms with Crippen LogP contribution in [0.2, 0.25) is 0 Å². The third kappa shape index (κ3) is 3.70. The molecule has 1 aliphatic heterocycles. The van der Waals surface area contributed by atoms with Gasteiger partial charge in [0.15, 0.2) is 5.16 Å². The number of hydrogen-bond acceptors (Lipinski definition) is 5. The molecule has 6 heteroatoms. The van der Waals surface area contributed by atoms with Crippen molar-refractivity contribution in [2.24, 2.45) is 0 Å². The number of aromatic nitrogens is 3. The first-order valence-electron chi connectivity index (χ1n) is 8.14. The van der Waals surface area contributed by atoms with Gasteiger partial charge in [0, 0.05) is 25.4 Å². The van der Waals surface area contributed by atoms with Gasteiger partial charge in [-0.2, -0.15) is 0 Å². The smallest absolute Gasteiger partial charge is 0.228 e. The molecular formula is C17H24N4OS. The monoisotopic (exact) mass is 332 g/mol. The number of nitrogens with zero attached hydrogens (tertiary/aromatic N) is 4. The van der Waals surface area contributed by atoms with Crippen molar-refractivity contribution < 1.29 is 4.74 Å². The fourth-order valence-corrected chi connectivity index (χ4v) is 3.82. The summed E-state index contributed by atoms with van der Waals surface area (Å²) >= 11 is 1.76. The summed E-state index contributed by atoms with van der Waals surface area (Å²) in [6.07, 6.45) is 0. The number of anilines is 1. The Labute approximate surface area is 142 Å². The summed E-state index contributed by atoms with van der Waals surface area (Å²) in [7, 11) is 0. The zero-order valence-corrected chi connectivity index (χ0v) is 14.9. The number of morpholine rings is 1. The molecule has 23 heavy (non-hydrogen) atoms. The van der Waals surface area contributed by atoms with E-state index in [1.54, 1.807) is 11.8 Å². The molecule has 1 saturated heterocycles. The zero-order valence-electron chi connectivity index (χ0n) is 14.1. The van der Waals surface area contributed by atoms with Crippen LogP contribution < -0.4 is 4.90 Å². The summed E-state index contributed by atoms with van der Waals surface area (Å²) in [6.45, 7) is 10.6. The quantitative estimate of drug-likeness (QED) is 0.787. The van der Waals surface area contributed by atoms with Crippen molar-refractivity contribution in [3.8, 4) is 0 Å². The molecule has 3 rings (SSSR count). The molecule has 2 aromatic rings. The van der Waals surface area contributed by atoms with Gasteiger partial charge in [-0.25, -0.2) is 0 Å². The Hall–Kier alpha value is -1.53. The van der Waals surface area contributed by atoms with Crippen molar-refractivity contribution in [1.82, 2.24) is 14.8 Å². The summed E-state index contributed by atoms with van der Waals surface area (Å²) in [5.74, 6) is 1.90. The molecule has 2 heterocycles. The molecule has 0 saturated carbocycles. The van der Waals surface area contributed by atoms with Gasteiger partial charge in [0.2, 0.25) is 5.95 Å². The van der Waals surface area contributed by atoms with Gasteiger partial charge in [-0.05, 0) is 31.9 Å². The molecule has 5 nitrogen and oxygen atoms in total. The minimum atomic E-state index is 0.765. The lowest BCUT2D eigenvalue weighted by molar-refractivity contribution is 0.121. The number of ether oxygens (including phenoxy) is 1. The predicted molar refractivity (Wildman–Crippen MR) is 94.2 cm³/mol. The number of rotatable bonds is 5. The standard InChI is InChI=1S/C17H24N4OS/c1-4-21-16(20-7-9-22-10-8-20)18-19-17(21)23-12-15-11-13(2)5-6-14(15)3/h5-6,11H,4,7-10,12H2,1-3H3. The van der Waals surface area contributed by atoms with E-state index in [1.807, 2.05) is 0 Å². The minimum Gasteiger partial charge on any atom is -0.378 e. The third-order valence-corrected chi connectivity index (χ3v) is 5.18. The minimum absolute atomic E-state index is 0.765. The maximum absolute atomic E-state index is 5.43. The molecule has 0 amide bonds. The largest absolute Gasteiger partial charge is 0.378 e. The van der Waals surface area contributed by atoms with Gasteiger partial charge in [0.05, 0.1) is 13.2 Å². The molecular weight excluding hydrogens is 308 g/mol. The highest BCUT2D eigenvalue weighted by Crippen LogP contribution is 2.27. The molecule has 124 valence electrons. The normalized spacial score (nSPS) is 15.2. The topological polar surface area (TPSA) is 43.2 Å². The van der Waals surface area contributed by atoms with Gasteiger partial charge in [-0.15, -0.1) is 10.2 Å². The molecule has 0 N–H and O–H groups in total. The molecule has 0 unspecified atom stereocenters. The van der Waals surface area contributed by atoms with Crippen LogP contribution in [0.15, 0.2) is 23.4 Å².